The molecule has 2 aromatic heterocycles. The van der Waals surface area contributed by atoms with Crippen LogP contribution in [0.3, 0.4) is 0 Å². The average Bonchev–Trinajstić information content (AvgIpc) is 3.55. The maximum absolute atomic E-state index is 11.8. The molecule has 6 rings (SSSR count). The van der Waals surface area contributed by atoms with Crippen LogP contribution in [0.5, 0.6) is 11.5 Å². The van der Waals surface area contributed by atoms with Gasteiger partial charge in [0.2, 0.25) is 0 Å². The number of hydrogen-bond donors (Lipinski definition) is 4. The largest absolute Gasteiger partial charge is 0.505 e. The number of aromatic hydroxyl groups is 2. The Morgan fingerprint density at radius 2 is 0.875 bits per heavy atom. The predicted molar refractivity (Wildman–Crippen MR) is 142 cm³/mol. The summed E-state index contributed by atoms with van der Waals surface area (Å²) in [6.45, 7) is 0. The second kappa shape index (κ2) is 9.51. The van der Waals surface area contributed by atoms with Crippen molar-refractivity contribution in [3.8, 4) is 22.9 Å². The first-order valence-electron chi connectivity index (χ1n) is 12.1. The highest BCUT2D eigenvalue weighted by molar-refractivity contribution is 5.93. The summed E-state index contributed by atoms with van der Waals surface area (Å²) in [4.78, 5) is 25.9. The van der Waals surface area contributed by atoms with Gasteiger partial charge in [0.1, 0.15) is 44.6 Å². The Kier molecular flexibility index (Phi) is 5.84. The van der Waals surface area contributed by atoms with E-state index < -0.39 is 23.4 Å². The van der Waals surface area contributed by atoms with E-state index in [-0.39, 0.29) is 35.3 Å². The molecule has 198 valence electrons. The van der Waals surface area contributed by atoms with Crippen molar-refractivity contribution in [3.63, 3.8) is 0 Å². The number of hydrogen-bond acceptors (Lipinski definition) is 8. The van der Waals surface area contributed by atoms with Gasteiger partial charge in [0.05, 0.1) is 0 Å². The van der Waals surface area contributed by atoms with Crippen molar-refractivity contribution in [1.29, 1.82) is 0 Å². The quantitative estimate of drug-likeness (QED) is 0.235. The molecule has 4 aromatic carbocycles. The Morgan fingerprint density at radius 3 is 1.18 bits per heavy atom. The third-order valence-electron chi connectivity index (χ3n) is 6.57. The first kappa shape index (κ1) is 24.6. The van der Waals surface area contributed by atoms with Gasteiger partial charge in [-0.25, -0.2) is 9.59 Å². The molecule has 0 radical (unpaired) electrons. The molecule has 0 spiro atoms. The van der Waals surface area contributed by atoms with Crippen molar-refractivity contribution < 1.29 is 30.0 Å². The van der Waals surface area contributed by atoms with Crippen LogP contribution in [-0.4, -0.2) is 62.4 Å². The number of carboxylic acids is 2. The molecule has 0 bridgehead atoms. The summed E-state index contributed by atoms with van der Waals surface area (Å²) >= 11 is 0. The fourth-order valence-corrected chi connectivity index (χ4v) is 4.63. The molecule has 0 fully saturated rings. The van der Waals surface area contributed by atoms with Crippen LogP contribution < -0.4 is 0 Å². The smallest absolute Gasteiger partial charge is 0.339 e. The number of nitrogens with zero attached hydrogens (tertiary/aromatic N) is 6. The zero-order chi connectivity index (χ0) is 28.0. The zero-order valence-electron chi connectivity index (χ0n) is 20.6. The van der Waals surface area contributed by atoms with Crippen molar-refractivity contribution in [2.75, 3.05) is 0 Å². The van der Waals surface area contributed by atoms with E-state index in [1.807, 2.05) is 0 Å². The first-order chi connectivity index (χ1) is 19.3. The van der Waals surface area contributed by atoms with Crippen LogP contribution >= 0.6 is 0 Å². The predicted octanol–water partition coefficient (Wildman–Crippen LogP) is 3.75. The Morgan fingerprint density at radius 1 is 0.550 bits per heavy atom. The molecule has 0 aliphatic heterocycles. The molecule has 0 aliphatic rings. The topological polar surface area (TPSA) is 176 Å². The SMILES string of the molecule is O=C(O)c1ccc(CCc2ccc(C(=O)O)c(O)c2-n2nc3ccccc3n2)c(-n2nc3ccccc3n2)c1O. The highest BCUT2D eigenvalue weighted by Crippen LogP contribution is 2.34. The lowest BCUT2D eigenvalue weighted by Crippen LogP contribution is -2.11. The van der Waals surface area contributed by atoms with Gasteiger partial charge in [0.15, 0.2) is 11.5 Å². The van der Waals surface area contributed by atoms with Crippen molar-refractivity contribution >= 4 is 34.0 Å². The highest BCUT2D eigenvalue weighted by Gasteiger charge is 2.24. The highest BCUT2D eigenvalue weighted by atomic mass is 16.4. The van der Waals surface area contributed by atoms with Gasteiger partial charge < -0.3 is 20.4 Å². The molecule has 2 heterocycles. The van der Waals surface area contributed by atoms with E-state index in [9.17, 15) is 30.0 Å². The Hall–Kier alpha value is -5.78. The third kappa shape index (κ3) is 4.13. The fourth-order valence-electron chi connectivity index (χ4n) is 4.63. The summed E-state index contributed by atoms with van der Waals surface area (Å²) < 4.78 is 0. The van der Waals surface area contributed by atoms with E-state index >= 15 is 0 Å². The summed E-state index contributed by atoms with van der Waals surface area (Å²) in [7, 11) is 0. The lowest BCUT2D eigenvalue weighted by molar-refractivity contribution is 0.0682. The van der Waals surface area contributed by atoms with Gasteiger partial charge in [-0.3, -0.25) is 0 Å². The third-order valence-corrected chi connectivity index (χ3v) is 6.57. The minimum absolute atomic E-state index is 0.104. The number of carboxylic acid groups (broad SMARTS) is 2. The molecule has 0 saturated heterocycles. The van der Waals surface area contributed by atoms with Crippen LogP contribution in [0.4, 0.5) is 0 Å². The van der Waals surface area contributed by atoms with Crippen molar-refractivity contribution in [2.45, 2.75) is 12.8 Å². The second-order valence-electron chi connectivity index (χ2n) is 9.01. The van der Waals surface area contributed by atoms with Crippen LogP contribution in [0.2, 0.25) is 0 Å². The number of aryl methyl sites for hydroxylation is 2. The molecular formula is C28H20N6O6. The summed E-state index contributed by atoms with van der Waals surface area (Å²) in [6.07, 6.45) is 0.473. The molecule has 0 saturated carbocycles. The van der Waals surface area contributed by atoms with Gasteiger partial charge in [-0.2, -0.15) is 0 Å². The van der Waals surface area contributed by atoms with E-state index in [0.717, 1.165) is 0 Å². The van der Waals surface area contributed by atoms with Crippen LogP contribution in [0, 0.1) is 0 Å². The minimum Gasteiger partial charge on any atom is -0.505 e. The standard InChI is InChI=1S/C28H20N6O6/c35-25-17(27(37)38)13-11-15(23(25)33-29-19-5-1-2-6-20(19)30-33)9-10-16-12-14-18(28(39)40)26(36)24(16)34-31-21-7-3-4-8-22(21)32-34/h1-8,11-14,35-36H,9-10H2,(H,37,38)(H,39,40). The molecule has 40 heavy (non-hydrogen) atoms. The van der Waals surface area contributed by atoms with Crippen LogP contribution in [0.1, 0.15) is 31.8 Å². The van der Waals surface area contributed by atoms with E-state index in [2.05, 4.69) is 20.4 Å². The van der Waals surface area contributed by atoms with Gasteiger partial charge in [-0.1, -0.05) is 36.4 Å². The Balaban J connectivity index is 1.46. The normalized spacial score (nSPS) is 11.3. The lowest BCUT2D eigenvalue weighted by Gasteiger charge is -2.15. The molecular weight excluding hydrogens is 516 g/mol. The number of rotatable bonds is 7. The fraction of sp³-hybridized carbons (Fsp3) is 0.0714. The van der Waals surface area contributed by atoms with E-state index in [1.165, 1.54) is 21.7 Å². The van der Waals surface area contributed by atoms with Crippen molar-refractivity contribution in [2.24, 2.45) is 0 Å². The minimum atomic E-state index is -1.31. The molecule has 12 heteroatoms. The molecule has 0 unspecified atom stereocenters. The van der Waals surface area contributed by atoms with Crippen LogP contribution in [0.15, 0.2) is 72.8 Å². The number of phenols is 2. The summed E-state index contributed by atoms with van der Waals surface area (Å²) in [5.41, 5.74) is 2.86. The molecule has 12 nitrogen and oxygen atoms in total. The lowest BCUT2D eigenvalue weighted by atomic mass is 9.98. The number of aromatic carboxylic acids is 2. The van der Waals surface area contributed by atoms with Gasteiger partial charge in [0.25, 0.3) is 0 Å². The van der Waals surface area contributed by atoms with Crippen molar-refractivity contribution in [1.82, 2.24) is 30.0 Å². The first-order valence-corrected chi connectivity index (χ1v) is 12.1. The summed E-state index contributed by atoms with van der Waals surface area (Å²) in [5, 5.41) is 58.8. The monoisotopic (exact) mass is 536 g/mol. The maximum atomic E-state index is 11.8. The molecule has 0 atom stereocenters. The number of benzene rings is 4. The maximum Gasteiger partial charge on any atom is 0.339 e. The zero-order valence-corrected chi connectivity index (χ0v) is 20.6. The number of fused-ring (bicyclic) bond motifs is 2. The van der Waals surface area contributed by atoms with Crippen LogP contribution in [0.25, 0.3) is 33.4 Å². The van der Waals surface area contributed by atoms with Crippen LogP contribution in [-0.2, 0) is 12.8 Å². The molecule has 0 amide bonds. The number of carbonyl (C=O) groups is 2. The van der Waals surface area contributed by atoms with E-state index in [0.29, 0.717) is 33.2 Å². The van der Waals surface area contributed by atoms with Crippen molar-refractivity contribution in [3.05, 3.63) is 95.1 Å². The van der Waals surface area contributed by atoms with E-state index in [4.69, 9.17) is 0 Å². The molecule has 6 aromatic rings. The summed E-state index contributed by atoms with van der Waals surface area (Å²) in [6, 6.07) is 19.9. The van der Waals surface area contributed by atoms with Gasteiger partial charge in [-0.15, -0.1) is 30.0 Å². The molecule has 4 N–H and O–H groups in total. The number of aromatic nitrogens is 6. The van der Waals surface area contributed by atoms with Gasteiger partial charge >= 0.3 is 11.9 Å². The average molecular weight is 537 g/mol. The second-order valence-corrected chi connectivity index (χ2v) is 9.01. The Bertz CT molecular complexity index is 1750. The summed E-state index contributed by atoms with van der Waals surface area (Å²) in [5.74, 6) is -3.60. The van der Waals surface area contributed by atoms with Gasteiger partial charge in [0, 0.05) is 0 Å². The van der Waals surface area contributed by atoms with E-state index in [1.54, 1.807) is 60.7 Å². The Labute approximate surface area is 225 Å². The molecule has 0 aliphatic carbocycles. The van der Waals surface area contributed by atoms with Gasteiger partial charge in [-0.05, 0) is 60.4 Å².